The van der Waals surface area contributed by atoms with Crippen LogP contribution in [0.4, 0.5) is 11.5 Å². The smallest absolute Gasteiger partial charge is 0.226 e. The van der Waals surface area contributed by atoms with Crippen molar-refractivity contribution in [1.82, 2.24) is 35.1 Å². The largest absolute Gasteiger partial charge is 0.355 e. The molecule has 1 fully saturated rings. The summed E-state index contributed by atoms with van der Waals surface area (Å²) in [6.07, 6.45) is 8.79. The number of hydrogen-bond acceptors (Lipinski definition) is 7. The summed E-state index contributed by atoms with van der Waals surface area (Å²) in [4.78, 5) is 36.6. The highest BCUT2D eigenvalue weighted by Crippen LogP contribution is 2.31. The maximum Gasteiger partial charge on any atom is 0.226 e. The molecule has 0 saturated carbocycles. The number of fused-ring (bicyclic) bond motifs is 2. The van der Waals surface area contributed by atoms with Crippen LogP contribution in [0.3, 0.4) is 0 Å². The number of nitrogens with zero attached hydrogens (tertiary/aromatic N) is 6. The first-order valence-electron chi connectivity index (χ1n) is 12.3. The van der Waals surface area contributed by atoms with E-state index in [2.05, 4.69) is 35.4 Å². The number of piperidine rings is 1. The first-order chi connectivity index (χ1) is 17.6. The second-order valence-corrected chi connectivity index (χ2v) is 9.43. The van der Waals surface area contributed by atoms with Crippen LogP contribution in [0.25, 0.3) is 44.8 Å². The number of aromatic amines is 2. The third-order valence-corrected chi connectivity index (χ3v) is 6.50. The van der Waals surface area contributed by atoms with Crippen LogP contribution in [0.2, 0.25) is 0 Å². The van der Waals surface area contributed by atoms with Gasteiger partial charge in [-0.05, 0) is 43.5 Å². The van der Waals surface area contributed by atoms with Gasteiger partial charge in [0, 0.05) is 37.0 Å². The zero-order valence-corrected chi connectivity index (χ0v) is 20.2. The lowest BCUT2D eigenvalue weighted by atomic mass is 10.1. The van der Waals surface area contributed by atoms with Crippen molar-refractivity contribution in [2.24, 2.45) is 5.92 Å². The van der Waals surface area contributed by atoms with Crippen LogP contribution in [0.5, 0.6) is 0 Å². The van der Waals surface area contributed by atoms with Gasteiger partial charge >= 0.3 is 0 Å². The molecule has 0 aromatic carbocycles. The highest BCUT2D eigenvalue weighted by Gasteiger charge is 2.20. The van der Waals surface area contributed by atoms with Crippen molar-refractivity contribution in [2.45, 2.75) is 33.1 Å². The van der Waals surface area contributed by atoms with E-state index in [0.717, 1.165) is 46.7 Å². The van der Waals surface area contributed by atoms with Crippen LogP contribution >= 0.6 is 0 Å². The quantitative estimate of drug-likeness (QED) is 0.336. The van der Waals surface area contributed by atoms with Gasteiger partial charge in [0.1, 0.15) is 11.0 Å². The summed E-state index contributed by atoms with van der Waals surface area (Å²) < 4.78 is 0. The van der Waals surface area contributed by atoms with Crippen molar-refractivity contribution in [2.75, 3.05) is 23.3 Å². The minimum Gasteiger partial charge on any atom is -0.355 e. The van der Waals surface area contributed by atoms with E-state index in [9.17, 15) is 4.79 Å². The standard InChI is InChI=1S/C26H27N9O/c1-15(2)26(36)29-17-12-16(13-27-14-17)18-6-7-20-21(30-18)23(34-33-20)24-31-19-8-9-28-25(22(19)32-24)35-10-4-3-5-11-35/h6-9,12-15H,3-5,10-11H2,1-2H3,(H,29,36)(H,31,32)(H,33,34). The molecule has 0 atom stereocenters. The van der Waals surface area contributed by atoms with E-state index >= 15 is 0 Å². The molecule has 1 saturated heterocycles. The number of rotatable bonds is 5. The predicted molar refractivity (Wildman–Crippen MR) is 140 cm³/mol. The summed E-state index contributed by atoms with van der Waals surface area (Å²) in [5.41, 5.74) is 6.08. The summed E-state index contributed by atoms with van der Waals surface area (Å²) in [5.74, 6) is 1.38. The number of anilines is 2. The molecule has 5 aromatic heterocycles. The van der Waals surface area contributed by atoms with Gasteiger partial charge < -0.3 is 15.2 Å². The number of carbonyl (C=O) groups excluding carboxylic acids is 1. The van der Waals surface area contributed by atoms with Gasteiger partial charge in [-0.15, -0.1) is 0 Å². The van der Waals surface area contributed by atoms with E-state index in [-0.39, 0.29) is 11.8 Å². The summed E-state index contributed by atoms with van der Waals surface area (Å²) in [5, 5.41) is 10.5. The molecule has 0 bridgehead atoms. The molecule has 0 radical (unpaired) electrons. The van der Waals surface area contributed by atoms with Crippen molar-refractivity contribution in [3.05, 3.63) is 42.9 Å². The maximum absolute atomic E-state index is 12.1. The lowest BCUT2D eigenvalue weighted by Crippen LogP contribution is -2.30. The molecular weight excluding hydrogens is 454 g/mol. The number of imidazole rings is 1. The summed E-state index contributed by atoms with van der Waals surface area (Å²) in [6, 6.07) is 7.66. The fourth-order valence-corrected chi connectivity index (χ4v) is 4.53. The Bertz CT molecular complexity index is 1560. The Morgan fingerprint density at radius 3 is 2.72 bits per heavy atom. The molecule has 6 rings (SSSR count). The SMILES string of the molecule is CC(C)C(=O)Nc1cncc(-c2ccc3[nH]nc(-c4nc5c(N6CCCCC6)nccc5[nH]4)c3n2)c1. The number of amides is 1. The molecule has 36 heavy (non-hydrogen) atoms. The van der Waals surface area contributed by atoms with Gasteiger partial charge in [-0.1, -0.05) is 13.8 Å². The molecule has 10 heteroatoms. The van der Waals surface area contributed by atoms with Crippen LogP contribution in [0.1, 0.15) is 33.1 Å². The van der Waals surface area contributed by atoms with E-state index in [1.165, 1.54) is 19.3 Å². The Labute approximate surface area is 207 Å². The average Bonchev–Trinajstić information content (AvgIpc) is 3.53. The van der Waals surface area contributed by atoms with Gasteiger partial charge in [0.25, 0.3) is 0 Å². The molecule has 6 heterocycles. The van der Waals surface area contributed by atoms with Crippen LogP contribution in [0.15, 0.2) is 42.9 Å². The second kappa shape index (κ2) is 9.03. The lowest BCUT2D eigenvalue weighted by molar-refractivity contribution is -0.118. The van der Waals surface area contributed by atoms with Gasteiger partial charge in [-0.25, -0.2) is 15.0 Å². The van der Waals surface area contributed by atoms with E-state index < -0.39 is 0 Å². The number of aromatic nitrogens is 7. The Balaban J connectivity index is 1.38. The Morgan fingerprint density at radius 2 is 1.89 bits per heavy atom. The van der Waals surface area contributed by atoms with Crippen LogP contribution < -0.4 is 10.2 Å². The van der Waals surface area contributed by atoms with Gasteiger partial charge in [-0.3, -0.25) is 14.9 Å². The minimum absolute atomic E-state index is 0.0576. The molecule has 0 spiro atoms. The van der Waals surface area contributed by atoms with E-state index in [4.69, 9.17) is 9.97 Å². The normalized spacial score (nSPS) is 14.1. The first kappa shape index (κ1) is 22.1. The highest BCUT2D eigenvalue weighted by molar-refractivity contribution is 5.95. The van der Waals surface area contributed by atoms with Crippen molar-refractivity contribution in [1.29, 1.82) is 0 Å². The first-order valence-corrected chi connectivity index (χ1v) is 12.3. The highest BCUT2D eigenvalue weighted by atomic mass is 16.1. The average molecular weight is 482 g/mol. The lowest BCUT2D eigenvalue weighted by Gasteiger charge is -2.27. The molecule has 1 aliphatic heterocycles. The van der Waals surface area contributed by atoms with E-state index in [0.29, 0.717) is 22.7 Å². The monoisotopic (exact) mass is 481 g/mol. The Morgan fingerprint density at radius 1 is 1.03 bits per heavy atom. The number of carbonyl (C=O) groups is 1. The second-order valence-electron chi connectivity index (χ2n) is 9.43. The zero-order chi connectivity index (χ0) is 24.6. The number of hydrogen-bond donors (Lipinski definition) is 3. The molecular formula is C26H27N9O. The number of nitrogens with one attached hydrogen (secondary N) is 3. The molecule has 182 valence electrons. The molecule has 5 aromatic rings. The van der Waals surface area contributed by atoms with Crippen LogP contribution in [-0.2, 0) is 4.79 Å². The Hall–Kier alpha value is -4.34. The number of H-pyrrole nitrogens is 2. The summed E-state index contributed by atoms with van der Waals surface area (Å²) >= 11 is 0. The van der Waals surface area contributed by atoms with Gasteiger partial charge in [0.15, 0.2) is 17.3 Å². The third kappa shape index (κ3) is 4.04. The maximum atomic E-state index is 12.1. The molecule has 0 unspecified atom stereocenters. The topological polar surface area (TPSA) is 128 Å². The molecule has 0 aliphatic carbocycles. The fraction of sp³-hybridized carbons (Fsp3) is 0.308. The molecule has 1 aliphatic rings. The minimum atomic E-state index is -0.119. The molecule has 10 nitrogen and oxygen atoms in total. The van der Waals surface area contributed by atoms with Gasteiger partial charge in [0.2, 0.25) is 5.91 Å². The van der Waals surface area contributed by atoms with Crippen molar-refractivity contribution < 1.29 is 4.79 Å². The number of pyridine rings is 3. The summed E-state index contributed by atoms with van der Waals surface area (Å²) in [7, 11) is 0. The fourth-order valence-electron chi connectivity index (χ4n) is 4.53. The predicted octanol–water partition coefficient (Wildman–Crippen LogP) is 4.54. The van der Waals surface area contributed by atoms with Crippen molar-refractivity contribution >= 4 is 39.5 Å². The van der Waals surface area contributed by atoms with E-state index in [1.807, 2.05) is 44.3 Å². The molecule has 3 N–H and O–H groups in total. The van der Waals surface area contributed by atoms with Crippen LogP contribution in [0, 0.1) is 5.92 Å². The Kier molecular flexibility index (Phi) is 5.55. The summed E-state index contributed by atoms with van der Waals surface area (Å²) in [6.45, 7) is 5.70. The van der Waals surface area contributed by atoms with E-state index in [1.54, 1.807) is 12.4 Å². The zero-order valence-electron chi connectivity index (χ0n) is 20.2. The van der Waals surface area contributed by atoms with Crippen LogP contribution in [-0.4, -0.2) is 54.1 Å². The molecule has 1 amide bonds. The van der Waals surface area contributed by atoms with Gasteiger partial charge in [-0.2, -0.15) is 5.10 Å². The van der Waals surface area contributed by atoms with Crippen molar-refractivity contribution in [3.63, 3.8) is 0 Å². The third-order valence-electron chi connectivity index (χ3n) is 6.50. The van der Waals surface area contributed by atoms with Gasteiger partial charge in [0.05, 0.1) is 28.6 Å². The van der Waals surface area contributed by atoms with Crippen molar-refractivity contribution in [3.8, 4) is 22.8 Å².